The van der Waals surface area contributed by atoms with E-state index in [1.54, 1.807) is 0 Å². The van der Waals surface area contributed by atoms with Crippen molar-refractivity contribution in [1.29, 1.82) is 0 Å². The van der Waals surface area contributed by atoms with E-state index in [0.717, 1.165) is 0 Å². The molecule has 0 N–H and O–H groups in total. The summed E-state index contributed by atoms with van der Waals surface area (Å²) in [5.41, 5.74) is 0. The number of carbonyl (C=O) groups excluding carboxylic acids is 2. The molecule has 4 nitrogen and oxygen atoms in total. The molecule has 0 radical (unpaired) electrons. The normalized spacial score (nSPS) is 17.8. The molecule has 0 aliphatic heterocycles. The molecular weight excluding hydrogens is 1040 g/mol. The summed E-state index contributed by atoms with van der Waals surface area (Å²) in [7, 11) is 0. The molecule has 0 fully saturated rings. The van der Waals surface area contributed by atoms with Crippen LogP contribution in [-0.2, 0) is 19.4 Å². The predicted molar refractivity (Wildman–Crippen MR) is 150 cm³/mol. The van der Waals surface area contributed by atoms with E-state index in [-0.39, 0.29) is 0 Å². The van der Waals surface area contributed by atoms with Crippen molar-refractivity contribution in [2.45, 2.75) is 101 Å². The van der Waals surface area contributed by atoms with Crippen LogP contribution in [0.4, 0.5) is 87.8 Å². The van der Waals surface area contributed by atoms with Gasteiger partial charge in [0.15, 0.2) is 8.67 Å². The highest BCUT2D eigenvalue weighted by molar-refractivity contribution is 6.65. The zero-order chi connectivity index (χ0) is 44.4. The molecule has 0 aromatic heterocycles. The largest absolute Gasteiger partial charge is 0.431 e. The number of rotatable bonds is 16. The van der Waals surface area contributed by atoms with Gasteiger partial charge >= 0.3 is 59.8 Å². The second-order valence-electron chi connectivity index (χ2n) is 10.1. The first-order chi connectivity index (χ1) is 23.0. The lowest BCUT2D eigenvalue weighted by Gasteiger charge is -2.45. The van der Waals surface area contributed by atoms with E-state index in [4.69, 9.17) is 92.8 Å². The van der Waals surface area contributed by atoms with Gasteiger partial charge in [-0.25, -0.2) is 28.1 Å². The Morgan fingerprint density at radius 3 is 0.741 bits per heavy atom. The standard InChI is InChI=1S/C20H8Cl10F20O4/c21-7(22,1-3-9(31,32)33)13(25,26)15(29,41)19(47,48)17(43,44)11(37,38)5(51)53-54-6(52)12(39,40)18(45,46)20(49,50)16(30,42)14(27,28)8(23,24)2-4-10(34,35)36/h1-4H2. The average molecular weight is 1050 g/mol. The van der Waals surface area contributed by atoms with Gasteiger partial charge < -0.3 is 0 Å². The van der Waals surface area contributed by atoms with E-state index < -0.39 is 113 Å². The van der Waals surface area contributed by atoms with Gasteiger partial charge in [0.05, 0.1) is 0 Å². The molecule has 0 aromatic rings. The lowest BCUT2D eigenvalue weighted by atomic mass is 9.94. The van der Waals surface area contributed by atoms with Gasteiger partial charge in [0, 0.05) is 12.8 Å². The third-order valence-electron chi connectivity index (χ3n) is 6.22. The first-order valence-electron chi connectivity index (χ1n) is 12.1. The average Bonchev–Trinajstić information content (AvgIpc) is 2.95. The summed E-state index contributed by atoms with van der Waals surface area (Å²) in [5, 5.41) is -12.7. The molecule has 0 aliphatic carbocycles. The van der Waals surface area contributed by atoms with Crippen LogP contribution < -0.4 is 0 Å². The van der Waals surface area contributed by atoms with Gasteiger partial charge in [-0.3, -0.25) is 0 Å². The Hall–Kier alpha value is 0.440. The van der Waals surface area contributed by atoms with Gasteiger partial charge in [-0.15, -0.1) is 0 Å². The van der Waals surface area contributed by atoms with Crippen molar-refractivity contribution in [1.82, 2.24) is 0 Å². The maximum Gasteiger partial charge on any atom is 0.431 e. The molecule has 0 spiro atoms. The number of carbonyl (C=O) groups is 2. The fourth-order valence-electron chi connectivity index (χ4n) is 2.99. The summed E-state index contributed by atoms with van der Waals surface area (Å²) in [6, 6.07) is 0. The molecule has 0 aromatic carbocycles. The topological polar surface area (TPSA) is 52.6 Å². The van der Waals surface area contributed by atoms with E-state index >= 15 is 0 Å². The van der Waals surface area contributed by atoms with Gasteiger partial charge in [-0.2, -0.15) is 79.0 Å². The van der Waals surface area contributed by atoms with Gasteiger partial charge in [0.25, 0.3) is 10.3 Å². The smallest absolute Gasteiger partial charge is 0.240 e. The molecule has 0 amide bonds. The summed E-state index contributed by atoms with van der Waals surface area (Å²) in [6.45, 7) is 0. The van der Waals surface area contributed by atoms with Gasteiger partial charge in [-0.05, 0) is 12.8 Å². The Balaban J connectivity index is 6.60. The molecular formula is C20H8Cl10F20O4. The second kappa shape index (κ2) is 15.8. The Labute approximate surface area is 334 Å². The first-order valence-corrected chi connectivity index (χ1v) is 15.8. The van der Waals surface area contributed by atoms with E-state index in [2.05, 4.69) is 33.0 Å². The third-order valence-corrected chi connectivity index (χ3v) is 12.6. The van der Waals surface area contributed by atoms with Crippen molar-refractivity contribution in [3.05, 3.63) is 0 Å². The molecule has 34 heteroatoms. The maximum atomic E-state index is 15.0. The predicted octanol–water partition coefficient (Wildman–Crippen LogP) is 13.0. The quantitative estimate of drug-likeness (QED) is 0.0669. The minimum atomic E-state index is -7.89. The lowest BCUT2D eigenvalue weighted by molar-refractivity contribution is -0.357. The molecule has 0 saturated heterocycles. The van der Waals surface area contributed by atoms with Crippen LogP contribution >= 0.6 is 116 Å². The van der Waals surface area contributed by atoms with Crippen LogP contribution in [0.3, 0.4) is 0 Å². The van der Waals surface area contributed by atoms with Crippen LogP contribution in [0.5, 0.6) is 0 Å². The zero-order valence-electron chi connectivity index (χ0n) is 23.8. The molecule has 0 aliphatic rings. The Morgan fingerprint density at radius 2 is 0.556 bits per heavy atom. The number of hydrogen-bond acceptors (Lipinski definition) is 4. The van der Waals surface area contributed by atoms with Crippen molar-refractivity contribution in [2.75, 3.05) is 0 Å². The third kappa shape index (κ3) is 9.41. The van der Waals surface area contributed by atoms with Crippen molar-refractivity contribution in [3.63, 3.8) is 0 Å². The minimum Gasteiger partial charge on any atom is -0.240 e. The lowest BCUT2D eigenvalue weighted by Crippen LogP contribution is -2.71. The summed E-state index contributed by atoms with van der Waals surface area (Å²) >= 11 is 49.4. The van der Waals surface area contributed by atoms with Gasteiger partial charge in [-0.1, -0.05) is 116 Å². The van der Waals surface area contributed by atoms with Crippen LogP contribution in [0, 0.1) is 0 Å². The van der Waals surface area contributed by atoms with Gasteiger partial charge in [0.2, 0.25) is 8.67 Å². The second-order valence-corrected chi connectivity index (χ2v) is 16.8. The molecule has 0 bridgehead atoms. The molecule has 0 rings (SSSR count). The van der Waals surface area contributed by atoms with Crippen LogP contribution in [0.2, 0.25) is 0 Å². The van der Waals surface area contributed by atoms with Crippen molar-refractivity contribution in [3.8, 4) is 0 Å². The minimum absolute atomic E-state index is 2.13. The molecule has 54 heavy (non-hydrogen) atoms. The fourth-order valence-corrected chi connectivity index (χ4v) is 5.50. The Kier molecular flexibility index (Phi) is 15.9. The summed E-state index contributed by atoms with van der Waals surface area (Å²) in [6.07, 6.45) is -19.7. The molecule has 2 unspecified atom stereocenters. The van der Waals surface area contributed by atoms with Crippen LogP contribution in [0.25, 0.3) is 0 Å². The highest BCUT2D eigenvalue weighted by atomic mass is 35.6. The molecule has 2 atom stereocenters. The van der Waals surface area contributed by atoms with E-state index in [1.807, 2.05) is 0 Å². The molecule has 0 heterocycles. The SMILES string of the molecule is O=C(OOC(=O)C(F)(F)C(F)(F)C(F)(F)C(F)(Cl)C(Cl)(Cl)C(Cl)(Cl)CCC(F)(F)F)C(F)(F)C(F)(F)C(F)(F)C(F)(Cl)C(Cl)(Cl)C(Cl)(Cl)CCC(F)(F)F. The van der Waals surface area contributed by atoms with E-state index in [1.165, 1.54) is 0 Å². The highest BCUT2D eigenvalue weighted by Crippen LogP contribution is 2.66. The summed E-state index contributed by atoms with van der Waals surface area (Å²) < 4.78 is 260. The summed E-state index contributed by atoms with van der Waals surface area (Å²) in [5.74, 6) is -55.4. The van der Waals surface area contributed by atoms with Crippen LogP contribution in [0.1, 0.15) is 25.7 Å². The zero-order valence-corrected chi connectivity index (χ0v) is 31.4. The van der Waals surface area contributed by atoms with Crippen molar-refractivity contribution in [2.24, 2.45) is 0 Å². The molecule has 0 saturated carbocycles. The van der Waals surface area contributed by atoms with Crippen molar-refractivity contribution >= 4 is 128 Å². The number of alkyl halides is 30. The fraction of sp³-hybridized carbons (Fsp3) is 0.900. The maximum absolute atomic E-state index is 15.0. The Morgan fingerprint density at radius 1 is 0.352 bits per heavy atom. The van der Waals surface area contributed by atoms with E-state index in [0.29, 0.717) is 0 Å². The highest BCUT2D eigenvalue weighted by Gasteiger charge is 2.89. The monoisotopic (exact) mass is 1040 g/mol. The van der Waals surface area contributed by atoms with Crippen molar-refractivity contribution < 1.29 is 107 Å². The number of hydrogen-bond donors (Lipinski definition) is 0. The van der Waals surface area contributed by atoms with Crippen LogP contribution in [-0.4, -0.2) is 87.4 Å². The summed E-state index contributed by atoms with van der Waals surface area (Å²) in [4.78, 5) is 27.6. The number of halogens is 30. The van der Waals surface area contributed by atoms with Gasteiger partial charge in [0.1, 0.15) is 0 Å². The molecule has 322 valence electrons. The van der Waals surface area contributed by atoms with E-state index in [9.17, 15) is 97.4 Å². The first kappa shape index (κ1) is 54.4. The Bertz CT molecular complexity index is 1280. The van der Waals surface area contributed by atoms with Crippen LogP contribution in [0.15, 0.2) is 0 Å².